The fourth-order valence-electron chi connectivity index (χ4n) is 4.74. The largest absolute Gasteiger partial charge is 0.400 e. The highest BCUT2D eigenvalue weighted by atomic mass is 32.2. The Balaban J connectivity index is 1.62. The van der Waals surface area contributed by atoms with Gasteiger partial charge in [0.25, 0.3) is 9.04 Å². The summed E-state index contributed by atoms with van der Waals surface area (Å²) in [6, 6.07) is 34.0. The van der Waals surface area contributed by atoms with Gasteiger partial charge in [-0.2, -0.15) is 0 Å². The molecule has 1 heterocycles. The smallest absolute Gasteiger partial charge is 0.283 e. The molecule has 0 aliphatic carbocycles. The van der Waals surface area contributed by atoms with E-state index >= 15 is 0 Å². The van der Waals surface area contributed by atoms with Crippen molar-refractivity contribution in [3.05, 3.63) is 108 Å². The van der Waals surface area contributed by atoms with Gasteiger partial charge >= 0.3 is 0 Å². The lowest BCUT2D eigenvalue weighted by Gasteiger charge is -2.38. The van der Waals surface area contributed by atoms with E-state index in [2.05, 4.69) is 118 Å². The van der Waals surface area contributed by atoms with Crippen LogP contribution in [0.3, 0.4) is 0 Å². The van der Waals surface area contributed by atoms with E-state index in [4.69, 9.17) is 4.43 Å². The molecule has 5 heteroatoms. The Labute approximate surface area is 220 Å². The minimum absolute atomic E-state index is 0.0237. The summed E-state index contributed by atoms with van der Waals surface area (Å²) in [6.07, 6.45) is -0.120. The van der Waals surface area contributed by atoms with E-state index in [0.717, 1.165) is 16.1 Å². The summed E-state index contributed by atoms with van der Waals surface area (Å²) in [5, 5.41) is 12.5. The molecular formula is C31H32NO2SSi. The highest BCUT2D eigenvalue weighted by molar-refractivity contribution is 7.99. The first-order valence-corrected chi connectivity index (χ1v) is 14.5. The summed E-state index contributed by atoms with van der Waals surface area (Å²) in [6.45, 7) is 6.81. The van der Waals surface area contributed by atoms with E-state index in [1.807, 2.05) is 12.1 Å². The van der Waals surface area contributed by atoms with Crippen LogP contribution in [0, 0.1) is 5.41 Å². The molecule has 5 rings (SSSR count). The number of fused-ring (bicyclic) bond motifs is 2. The molecule has 1 aliphatic heterocycles. The van der Waals surface area contributed by atoms with Crippen molar-refractivity contribution in [2.45, 2.75) is 43.3 Å². The molecule has 0 aromatic heterocycles. The van der Waals surface area contributed by atoms with E-state index < -0.39 is 9.04 Å². The molecule has 1 aliphatic rings. The minimum atomic E-state index is -1.50. The Morgan fingerprint density at radius 2 is 1.33 bits per heavy atom. The first-order chi connectivity index (χ1) is 17.4. The molecule has 183 valence electrons. The molecule has 0 amide bonds. The van der Waals surface area contributed by atoms with Crippen LogP contribution in [0.25, 0.3) is 0 Å². The van der Waals surface area contributed by atoms with E-state index in [-0.39, 0.29) is 18.1 Å². The molecule has 0 fully saturated rings. The number of aliphatic hydroxyl groups is 1. The Morgan fingerprint density at radius 3 is 1.89 bits per heavy atom. The predicted octanol–water partition coefficient (Wildman–Crippen LogP) is 6.32. The number of nitrogens with zero attached hydrogens (tertiary/aromatic N) is 1. The standard InChI is InChI=1S/C31H32NO2SSi/c1-31(2,3)30(34-36(23-14-7-5-8-15-23)24-16-9-6-10-17-24)25-18-12-20-27-29(25)35-28-22(21-33)13-11-19-26(28)32(27)4/h5-20,30,33H,21H2,1-4H3. The van der Waals surface area contributed by atoms with Crippen LogP contribution < -0.4 is 15.3 Å². The average molecular weight is 511 g/mol. The molecule has 4 aromatic rings. The zero-order valence-electron chi connectivity index (χ0n) is 21.2. The number of hydrogen-bond donors (Lipinski definition) is 1. The Bertz CT molecular complexity index is 1300. The van der Waals surface area contributed by atoms with Crippen LogP contribution in [-0.2, 0) is 11.0 Å². The van der Waals surface area contributed by atoms with Crippen molar-refractivity contribution in [2.24, 2.45) is 5.41 Å². The zero-order valence-corrected chi connectivity index (χ0v) is 23.0. The second-order valence-corrected chi connectivity index (χ2v) is 13.3. The molecule has 1 radical (unpaired) electrons. The van der Waals surface area contributed by atoms with E-state index in [1.165, 1.54) is 26.5 Å². The first kappa shape index (κ1) is 24.8. The molecule has 0 spiro atoms. The van der Waals surface area contributed by atoms with Crippen LogP contribution in [0.1, 0.15) is 38.0 Å². The second-order valence-electron chi connectivity index (χ2n) is 10.2. The second kappa shape index (κ2) is 10.3. The summed E-state index contributed by atoms with van der Waals surface area (Å²) in [5.41, 5.74) is 4.32. The minimum Gasteiger partial charge on any atom is -0.400 e. The zero-order chi connectivity index (χ0) is 25.3. The Hall–Kier alpha value is -2.83. The molecular weight excluding hydrogens is 478 g/mol. The van der Waals surface area contributed by atoms with Crippen LogP contribution in [0.4, 0.5) is 11.4 Å². The van der Waals surface area contributed by atoms with Crippen molar-refractivity contribution >= 4 is 42.6 Å². The van der Waals surface area contributed by atoms with Gasteiger partial charge in [0.15, 0.2) is 0 Å². The Morgan fingerprint density at radius 1 is 0.778 bits per heavy atom. The maximum Gasteiger partial charge on any atom is 0.283 e. The third kappa shape index (κ3) is 4.76. The van der Waals surface area contributed by atoms with Crippen molar-refractivity contribution in [1.82, 2.24) is 0 Å². The molecule has 4 aromatic carbocycles. The fraction of sp³-hybridized carbons (Fsp3) is 0.226. The maximum atomic E-state index is 10.1. The number of benzene rings is 4. The highest BCUT2D eigenvalue weighted by Gasteiger charge is 2.36. The summed E-state index contributed by atoms with van der Waals surface area (Å²) in [7, 11) is 0.607. The van der Waals surface area contributed by atoms with Gasteiger partial charge in [-0.15, -0.1) is 0 Å². The lowest BCUT2D eigenvalue weighted by Crippen LogP contribution is -2.47. The van der Waals surface area contributed by atoms with E-state index in [1.54, 1.807) is 11.8 Å². The summed E-state index contributed by atoms with van der Waals surface area (Å²) in [4.78, 5) is 4.56. The van der Waals surface area contributed by atoms with Gasteiger partial charge in [0, 0.05) is 16.8 Å². The third-order valence-corrected chi connectivity index (χ3v) is 10.1. The molecule has 0 saturated heterocycles. The van der Waals surface area contributed by atoms with Crippen LogP contribution in [0.2, 0.25) is 0 Å². The van der Waals surface area contributed by atoms with Gasteiger partial charge in [0.2, 0.25) is 0 Å². The number of aliphatic hydroxyl groups excluding tert-OH is 1. The van der Waals surface area contributed by atoms with Gasteiger partial charge in [0.05, 0.1) is 24.1 Å². The van der Waals surface area contributed by atoms with Gasteiger partial charge in [-0.05, 0) is 39.0 Å². The normalized spacial score (nSPS) is 13.9. The number of anilines is 2. The molecule has 36 heavy (non-hydrogen) atoms. The SMILES string of the molecule is CN1c2cccc(CO)c2Sc2c(C(O[Si](c3ccccc3)c3ccccc3)C(C)(C)C)cccc21. The Kier molecular flexibility index (Phi) is 7.09. The van der Waals surface area contributed by atoms with Crippen LogP contribution in [-0.4, -0.2) is 21.2 Å². The lowest BCUT2D eigenvalue weighted by atomic mass is 9.84. The summed E-state index contributed by atoms with van der Waals surface area (Å²) < 4.78 is 7.24. The van der Waals surface area contributed by atoms with Gasteiger partial charge in [-0.25, -0.2) is 0 Å². The number of rotatable bonds is 6. The molecule has 1 atom stereocenters. The molecule has 0 saturated carbocycles. The molecule has 3 nitrogen and oxygen atoms in total. The highest BCUT2D eigenvalue weighted by Crippen LogP contribution is 2.53. The van der Waals surface area contributed by atoms with Gasteiger partial charge in [-0.1, -0.05) is 117 Å². The lowest BCUT2D eigenvalue weighted by molar-refractivity contribution is 0.0874. The maximum absolute atomic E-state index is 10.1. The topological polar surface area (TPSA) is 32.7 Å². The third-order valence-electron chi connectivity index (χ3n) is 6.57. The molecule has 1 N–H and O–H groups in total. The number of hydrogen-bond acceptors (Lipinski definition) is 4. The van der Waals surface area contributed by atoms with Crippen molar-refractivity contribution < 1.29 is 9.53 Å². The fourth-order valence-corrected chi connectivity index (χ4v) is 8.43. The van der Waals surface area contributed by atoms with Crippen molar-refractivity contribution in [3.63, 3.8) is 0 Å². The monoisotopic (exact) mass is 510 g/mol. The quantitative estimate of drug-likeness (QED) is 0.308. The molecule has 1 unspecified atom stereocenters. The van der Waals surface area contributed by atoms with E-state index in [0.29, 0.717) is 0 Å². The average Bonchev–Trinajstić information content (AvgIpc) is 2.89. The van der Waals surface area contributed by atoms with Crippen LogP contribution >= 0.6 is 11.8 Å². The molecule has 0 bridgehead atoms. The summed E-state index contributed by atoms with van der Waals surface area (Å²) in [5.74, 6) is 0. The van der Waals surface area contributed by atoms with Crippen molar-refractivity contribution in [2.75, 3.05) is 11.9 Å². The van der Waals surface area contributed by atoms with E-state index in [9.17, 15) is 5.11 Å². The van der Waals surface area contributed by atoms with Crippen molar-refractivity contribution in [3.8, 4) is 0 Å². The first-order valence-electron chi connectivity index (χ1n) is 12.3. The van der Waals surface area contributed by atoms with Crippen LogP contribution in [0.5, 0.6) is 0 Å². The summed E-state index contributed by atoms with van der Waals surface area (Å²) >= 11 is 1.76. The van der Waals surface area contributed by atoms with Gasteiger partial charge < -0.3 is 14.4 Å². The predicted molar refractivity (Wildman–Crippen MR) is 152 cm³/mol. The van der Waals surface area contributed by atoms with Crippen molar-refractivity contribution in [1.29, 1.82) is 0 Å². The van der Waals surface area contributed by atoms with Gasteiger partial charge in [-0.3, -0.25) is 0 Å². The van der Waals surface area contributed by atoms with Gasteiger partial charge in [0.1, 0.15) is 0 Å². The van der Waals surface area contributed by atoms with Crippen LogP contribution in [0.15, 0.2) is 107 Å².